The lowest BCUT2D eigenvalue weighted by Crippen LogP contribution is -2.30. The van der Waals surface area contributed by atoms with Crippen LogP contribution in [0.4, 0.5) is 5.69 Å². The van der Waals surface area contributed by atoms with E-state index < -0.39 is 0 Å². The number of thioether (sulfide) groups is 1. The molecule has 1 aromatic carbocycles. The Hall–Kier alpha value is -1.07. The van der Waals surface area contributed by atoms with Gasteiger partial charge in [-0.2, -0.15) is 11.8 Å². The van der Waals surface area contributed by atoms with Gasteiger partial charge in [0, 0.05) is 30.0 Å². The van der Waals surface area contributed by atoms with Gasteiger partial charge in [-0.3, -0.25) is 10.1 Å². The molecule has 1 aliphatic heterocycles. The summed E-state index contributed by atoms with van der Waals surface area (Å²) in [6.45, 7) is 3.11. The highest BCUT2D eigenvalue weighted by atomic mass is 32.2. The van der Waals surface area contributed by atoms with Gasteiger partial charge < -0.3 is 5.32 Å². The second kappa shape index (κ2) is 7.64. The van der Waals surface area contributed by atoms with Crippen LogP contribution in [0.3, 0.4) is 0 Å². The third-order valence-corrected chi connectivity index (χ3v) is 5.16. The lowest BCUT2D eigenvalue weighted by Gasteiger charge is -2.25. The number of nitrogens with one attached hydrogen (secondary N) is 1. The first kappa shape index (κ1) is 15.3. The monoisotopic (exact) mass is 294 g/mol. The van der Waals surface area contributed by atoms with E-state index >= 15 is 0 Å². The van der Waals surface area contributed by atoms with E-state index in [-0.39, 0.29) is 16.7 Å². The molecule has 2 unspecified atom stereocenters. The van der Waals surface area contributed by atoms with Crippen molar-refractivity contribution in [2.24, 2.45) is 0 Å². The molecule has 5 heteroatoms. The van der Waals surface area contributed by atoms with Crippen LogP contribution in [0.1, 0.15) is 44.2 Å². The van der Waals surface area contributed by atoms with Crippen LogP contribution in [0.5, 0.6) is 0 Å². The molecule has 1 aliphatic rings. The van der Waals surface area contributed by atoms with Crippen molar-refractivity contribution in [3.05, 3.63) is 39.9 Å². The van der Waals surface area contributed by atoms with E-state index in [1.807, 2.05) is 17.8 Å². The third kappa shape index (κ3) is 4.21. The van der Waals surface area contributed by atoms with Crippen LogP contribution in [0.2, 0.25) is 0 Å². The number of rotatable bonds is 6. The van der Waals surface area contributed by atoms with Gasteiger partial charge in [-0.05, 0) is 30.6 Å². The van der Waals surface area contributed by atoms with Crippen molar-refractivity contribution in [3.8, 4) is 0 Å². The number of non-ortho nitro benzene ring substituents is 1. The molecule has 1 saturated heterocycles. The number of hydrogen-bond donors (Lipinski definition) is 1. The summed E-state index contributed by atoms with van der Waals surface area (Å²) in [7, 11) is 0. The van der Waals surface area contributed by atoms with Crippen molar-refractivity contribution in [1.29, 1.82) is 0 Å². The smallest absolute Gasteiger partial charge is 0.269 e. The number of nitro groups is 1. The van der Waals surface area contributed by atoms with Crippen molar-refractivity contribution >= 4 is 17.4 Å². The van der Waals surface area contributed by atoms with Crippen LogP contribution in [0.25, 0.3) is 0 Å². The van der Waals surface area contributed by atoms with Crippen LogP contribution in [-0.4, -0.2) is 22.5 Å². The summed E-state index contributed by atoms with van der Waals surface area (Å²) in [5, 5.41) is 15.1. The Bertz CT molecular complexity index is 447. The molecule has 0 radical (unpaired) electrons. The molecule has 1 aromatic rings. The van der Waals surface area contributed by atoms with Gasteiger partial charge in [-0.25, -0.2) is 0 Å². The maximum Gasteiger partial charge on any atom is 0.269 e. The van der Waals surface area contributed by atoms with Gasteiger partial charge in [-0.15, -0.1) is 0 Å². The molecule has 1 fully saturated rings. The summed E-state index contributed by atoms with van der Waals surface area (Å²) >= 11 is 2.05. The molecule has 0 saturated carbocycles. The fraction of sp³-hybridized carbons (Fsp3) is 0.600. The van der Waals surface area contributed by atoms with Gasteiger partial charge in [0.05, 0.1) is 4.92 Å². The average Bonchev–Trinajstić information content (AvgIpc) is 2.49. The molecule has 1 N–H and O–H groups in total. The van der Waals surface area contributed by atoms with E-state index in [9.17, 15) is 10.1 Å². The Balaban J connectivity index is 1.96. The van der Waals surface area contributed by atoms with E-state index in [4.69, 9.17) is 0 Å². The predicted molar refractivity (Wildman–Crippen MR) is 84.2 cm³/mol. The second-order valence-electron chi connectivity index (χ2n) is 5.21. The van der Waals surface area contributed by atoms with Crippen LogP contribution < -0.4 is 5.32 Å². The highest BCUT2D eigenvalue weighted by Crippen LogP contribution is 2.26. The van der Waals surface area contributed by atoms with E-state index in [0.717, 1.165) is 18.5 Å². The minimum atomic E-state index is -0.326. The number of nitro benzene ring substituents is 1. The Morgan fingerprint density at radius 2 is 2.35 bits per heavy atom. The first-order valence-corrected chi connectivity index (χ1v) is 8.35. The quantitative estimate of drug-likeness (QED) is 0.638. The number of nitrogens with zero attached hydrogens (tertiary/aromatic N) is 1. The zero-order valence-corrected chi connectivity index (χ0v) is 12.7. The molecule has 20 heavy (non-hydrogen) atoms. The Morgan fingerprint density at radius 1 is 1.50 bits per heavy atom. The van der Waals surface area contributed by atoms with E-state index in [1.165, 1.54) is 25.0 Å². The van der Waals surface area contributed by atoms with Gasteiger partial charge in [0.1, 0.15) is 0 Å². The summed E-state index contributed by atoms with van der Waals surface area (Å²) in [6.07, 6.45) is 4.89. The zero-order valence-electron chi connectivity index (χ0n) is 11.9. The van der Waals surface area contributed by atoms with E-state index in [1.54, 1.807) is 18.2 Å². The molecular weight excluding hydrogens is 272 g/mol. The van der Waals surface area contributed by atoms with Gasteiger partial charge in [-0.1, -0.05) is 25.5 Å². The van der Waals surface area contributed by atoms with Gasteiger partial charge >= 0.3 is 0 Å². The molecule has 0 aliphatic carbocycles. The fourth-order valence-electron chi connectivity index (χ4n) is 2.60. The molecule has 0 aromatic heterocycles. The molecule has 0 amide bonds. The molecule has 1 heterocycles. The van der Waals surface area contributed by atoms with Crippen LogP contribution >= 0.6 is 11.8 Å². The standard InChI is InChI=1S/C15H22N2O2S/c1-2-15(16-11-14-8-3-4-9-20-14)12-6-5-7-13(10-12)17(18)19/h5-7,10,14-16H,2-4,8-9,11H2,1H3. The van der Waals surface area contributed by atoms with E-state index in [2.05, 4.69) is 12.2 Å². The molecule has 2 atom stereocenters. The van der Waals surface area contributed by atoms with Gasteiger partial charge in [0.15, 0.2) is 0 Å². The molecule has 0 spiro atoms. The van der Waals surface area contributed by atoms with Crippen molar-refractivity contribution < 1.29 is 4.92 Å². The van der Waals surface area contributed by atoms with Crippen LogP contribution in [0.15, 0.2) is 24.3 Å². The van der Waals surface area contributed by atoms with Crippen LogP contribution in [-0.2, 0) is 0 Å². The molecule has 110 valence electrons. The molecule has 2 rings (SSSR count). The molecule has 0 bridgehead atoms. The predicted octanol–water partition coefficient (Wildman–Crippen LogP) is 3.92. The minimum absolute atomic E-state index is 0.176. The van der Waals surface area contributed by atoms with E-state index in [0.29, 0.717) is 5.25 Å². The topological polar surface area (TPSA) is 55.2 Å². The number of hydrogen-bond acceptors (Lipinski definition) is 4. The van der Waals surface area contributed by atoms with Gasteiger partial charge in [0.25, 0.3) is 5.69 Å². The fourth-order valence-corrected chi connectivity index (χ4v) is 3.85. The summed E-state index contributed by atoms with van der Waals surface area (Å²) in [4.78, 5) is 10.5. The van der Waals surface area contributed by atoms with Crippen molar-refractivity contribution in [2.45, 2.75) is 43.9 Å². The van der Waals surface area contributed by atoms with Crippen molar-refractivity contribution in [3.63, 3.8) is 0 Å². The minimum Gasteiger partial charge on any atom is -0.309 e. The van der Waals surface area contributed by atoms with Gasteiger partial charge in [0.2, 0.25) is 0 Å². The van der Waals surface area contributed by atoms with Crippen molar-refractivity contribution in [2.75, 3.05) is 12.3 Å². The maximum atomic E-state index is 10.9. The summed E-state index contributed by atoms with van der Waals surface area (Å²) in [5.41, 5.74) is 1.19. The Labute approximate surface area is 124 Å². The third-order valence-electron chi connectivity index (χ3n) is 3.76. The average molecular weight is 294 g/mol. The first-order chi connectivity index (χ1) is 9.70. The summed E-state index contributed by atoms with van der Waals surface area (Å²) in [6, 6.07) is 7.19. The highest BCUT2D eigenvalue weighted by Gasteiger charge is 2.17. The van der Waals surface area contributed by atoms with Crippen LogP contribution in [0, 0.1) is 10.1 Å². The van der Waals surface area contributed by atoms with Crippen molar-refractivity contribution in [1.82, 2.24) is 5.32 Å². The molecular formula is C15H22N2O2S. The summed E-state index contributed by atoms with van der Waals surface area (Å²) < 4.78 is 0. The largest absolute Gasteiger partial charge is 0.309 e. The first-order valence-electron chi connectivity index (χ1n) is 7.30. The lowest BCUT2D eigenvalue weighted by molar-refractivity contribution is -0.384. The molecule has 4 nitrogen and oxygen atoms in total. The Kier molecular flexibility index (Phi) is 5.86. The summed E-state index contributed by atoms with van der Waals surface area (Å²) in [5.74, 6) is 1.26. The SMILES string of the molecule is CCC(NCC1CCCCS1)c1cccc([N+](=O)[O-])c1. The maximum absolute atomic E-state index is 10.9. The Morgan fingerprint density at radius 3 is 3.00 bits per heavy atom. The highest BCUT2D eigenvalue weighted by molar-refractivity contribution is 7.99. The number of benzene rings is 1. The zero-order chi connectivity index (χ0) is 14.4. The normalized spacial score (nSPS) is 20.6. The second-order valence-corrected chi connectivity index (χ2v) is 6.62. The lowest BCUT2D eigenvalue weighted by atomic mass is 10.0.